The Labute approximate surface area is 76.2 Å². The van der Waals surface area contributed by atoms with Crippen molar-refractivity contribution in [3.05, 3.63) is 6.42 Å². The molecular weight excluding hydrogens is 148 g/mol. The fourth-order valence-corrected chi connectivity index (χ4v) is 1.14. The molecule has 0 aliphatic carbocycles. The highest BCUT2D eigenvalue weighted by Gasteiger charge is 2.14. The summed E-state index contributed by atoms with van der Waals surface area (Å²) in [6.45, 7) is 3.82. The highest BCUT2D eigenvalue weighted by molar-refractivity contribution is 4.99. The molecule has 0 aromatic heterocycles. The minimum Gasteiger partial charge on any atom is -0.378 e. The largest absolute Gasteiger partial charge is 0.378 e. The van der Waals surface area contributed by atoms with Gasteiger partial charge in [0.15, 0.2) is 0 Å². The second kappa shape index (κ2) is 6.08. The van der Waals surface area contributed by atoms with Crippen LogP contribution in [-0.2, 0) is 0 Å². The summed E-state index contributed by atoms with van der Waals surface area (Å²) in [6.07, 6.45) is 13.4. The third-order valence-electron chi connectivity index (χ3n) is 2.04. The molecule has 0 amide bonds. The van der Waals surface area contributed by atoms with Gasteiger partial charge >= 0.3 is 0 Å². The predicted octanol–water partition coefficient (Wildman–Crippen LogP) is 2.69. The molecule has 1 atom stereocenters. The molecule has 0 spiro atoms. The first-order chi connectivity index (χ1) is 5.62. The lowest BCUT2D eigenvalue weighted by atomic mass is 9.99. The Morgan fingerprint density at radius 1 is 1.25 bits per heavy atom. The average molecular weight is 167 g/mol. The van der Waals surface area contributed by atoms with Gasteiger partial charge in [-0.3, -0.25) is 0 Å². The van der Waals surface area contributed by atoms with Crippen molar-refractivity contribution in [3.63, 3.8) is 0 Å². The Morgan fingerprint density at radius 2 is 1.83 bits per heavy atom. The predicted molar refractivity (Wildman–Crippen MR) is 51.1 cm³/mol. The number of unbranched alkanes of at least 4 members (excludes halogenated alkanes) is 4. The van der Waals surface area contributed by atoms with Gasteiger partial charge in [-0.1, -0.05) is 38.5 Å². The van der Waals surface area contributed by atoms with Crippen LogP contribution in [0.3, 0.4) is 0 Å². The molecule has 12 heavy (non-hydrogen) atoms. The minimum absolute atomic E-state index is 0.667. The van der Waals surface area contributed by atoms with Crippen molar-refractivity contribution in [3.8, 4) is 5.92 Å². The first-order valence-electron chi connectivity index (χ1n) is 4.78. The van der Waals surface area contributed by atoms with Crippen molar-refractivity contribution < 1.29 is 5.11 Å². The summed E-state index contributed by atoms with van der Waals surface area (Å²) < 4.78 is 0. The van der Waals surface area contributed by atoms with Gasteiger partial charge in [0.25, 0.3) is 0 Å². The second-order valence-electron chi connectivity index (χ2n) is 3.56. The van der Waals surface area contributed by atoms with E-state index in [1.807, 2.05) is 0 Å². The normalized spacial score (nSPS) is 15.2. The standard InChI is InChI=1S/C11H19O/c1-4-6-7-8-9-10-11(3,12)5-2/h12H,4,6-10H2,1,3H3. The van der Waals surface area contributed by atoms with Crippen LogP contribution in [0.25, 0.3) is 0 Å². The van der Waals surface area contributed by atoms with Gasteiger partial charge in [0.1, 0.15) is 5.60 Å². The maximum atomic E-state index is 9.38. The van der Waals surface area contributed by atoms with Crippen LogP contribution in [-0.4, -0.2) is 10.7 Å². The zero-order chi connectivity index (χ0) is 9.45. The van der Waals surface area contributed by atoms with Gasteiger partial charge in [-0.15, -0.1) is 0 Å². The zero-order valence-corrected chi connectivity index (χ0v) is 8.19. The van der Waals surface area contributed by atoms with Gasteiger partial charge in [0.05, 0.1) is 0 Å². The monoisotopic (exact) mass is 167 g/mol. The Morgan fingerprint density at radius 3 is 2.33 bits per heavy atom. The summed E-state index contributed by atoms with van der Waals surface area (Å²) in [5.74, 6) is 2.14. The number of hydrogen-bond acceptors (Lipinski definition) is 1. The third kappa shape index (κ3) is 6.24. The summed E-state index contributed by atoms with van der Waals surface area (Å²) in [6, 6.07) is 0. The fourth-order valence-electron chi connectivity index (χ4n) is 1.14. The van der Waals surface area contributed by atoms with Crippen LogP contribution < -0.4 is 0 Å². The van der Waals surface area contributed by atoms with Crippen molar-refractivity contribution in [1.29, 1.82) is 0 Å². The maximum absolute atomic E-state index is 9.38. The van der Waals surface area contributed by atoms with Crippen LogP contribution in [0.15, 0.2) is 0 Å². The van der Waals surface area contributed by atoms with Crippen LogP contribution in [0.5, 0.6) is 0 Å². The lowest BCUT2D eigenvalue weighted by molar-refractivity contribution is 0.108. The molecule has 0 heterocycles. The minimum atomic E-state index is -0.994. The van der Waals surface area contributed by atoms with Gasteiger partial charge in [-0.25, -0.2) is 0 Å². The van der Waals surface area contributed by atoms with Crippen molar-refractivity contribution in [1.82, 2.24) is 0 Å². The molecule has 1 heteroatoms. The number of rotatable bonds is 6. The Bertz CT molecular complexity index is 142. The van der Waals surface area contributed by atoms with E-state index >= 15 is 0 Å². The molecule has 0 bridgehead atoms. The van der Waals surface area contributed by atoms with E-state index in [0.29, 0.717) is 6.42 Å². The highest BCUT2D eigenvalue weighted by Crippen LogP contribution is 2.14. The summed E-state index contributed by atoms with van der Waals surface area (Å²) in [5.41, 5.74) is -0.994. The quantitative estimate of drug-likeness (QED) is 0.476. The first-order valence-corrected chi connectivity index (χ1v) is 4.78. The lowest BCUT2D eigenvalue weighted by Gasteiger charge is -2.14. The topological polar surface area (TPSA) is 20.2 Å². The molecule has 1 radical (unpaired) electrons. The molecule has 1 N–H and O–H groups in total. The lowest BCUT2D eigenvalue weighted by Crippen LogP contribution is -2.20. The van der Waals surface area contributed by atoms with Crippen LogP contribution in [0.1, 0.15) is 52.4 Å². The molecule has 1 nitrogen and oxygen atoms in total. The van der Waals surface area contributed by atoms with Crippen LogP contribution in [0, 0.1) is 12.3 Å². The number of aliphatic hydroxyl groups is 1. The Kier molecular flexibility index (Phi) is 5.84. The molecule has 0 aliphatic rings. The van der Waals surface area contributed by atoms with Gasteiger partial charge in [0.2, 0.25) is 0 Å². The highest BCUT2D eigenvalue weighted by atomic mass is 16.3. The number of hydrogen-bond donors (Lipinski definition) is 1. The van der Waals surface area contributed by atoms with Crippen molar-refractivity contribution in [2.45, 2.75) is 58.0 Å². The molecule has 1 unspecified atom stereocenters. The molecule has 0 saturated carbocycles. The van der Waals surface area contributed by atoms with E-state index in [1.165, 1.54) is 19.3 Å². The van der Waals surface area contributed by atoms with Crippen LogP contribution in [0.4, 0.5) is 0 Å². The van der Waals surface area contributed by atoms with E-state index in [4.69, 9.17) is 6.42 Å². The summed E-state index contributed by atoms with van der Waals surface area (Å²) >= 11 is 0. The molecule has 0 aromatic carbocycles. The Hall–Kier alpha value is -0.480. The summed E-state index contributed by atoms with van der Waals surface area (Å²) in [7, 11) is 0. The van der Waals surface area contributed by atoms with E-state index in [2.05, 4.69) is 12.8 Å². The fraction of sp³-hybridized carbons (Fsp3) is 0.818. The van der Waals surface area contributed by atoms with Gasteiger partial charge in [-0.05, 0) is 26.2 Å². The molecule has 0 aromatic rings. The van der Waals surface area contributed by atoms with E-state index in [-0.39, 0.29) is 0 Å². The average Bonchev–Trinajstić information content (AvgIpc) is 2.04. The van der Waals surface area contributed by atoms with E-state index < -0.39 is 5.60 Å². The molecule has 0 fully saturated rings. The Balaban J connectivity index is 3.27. The van der Waals surface area contributed by atoms with Crippen molar-refractivity contribution >= 4 is 0 Å². The summed E-state index contributed by atoms with van der Waals surface area (Å²) in [4.78, 5) is 0. The van der Waals surface area contributed by atoms with Gasteiger partial charge in [0, 0.05) is 0 Å². The van der Waals surface area contributed by atoms with Crippen molar-refractivity contribution in [2.24, 2.45) is 0 Å². The molecular formula is C11H19O. The first kappa shape index (κ1) is 11.5. The zero-order valence-electron chi connectivity index (χ0n) is 8.19. The van der Waals surface area contributed by atoms with Gasteiger partial charge in [-0.2, -0.15) is 0 Å². The summed E-state index contributed by atoms with van der Waals surface area (Å²) in [5, 5.41) is 9.38. The van der Waals surface area contributed by atoms with Crippen LogP contribution in [0.2, 0.25) is 0 Å². The van der Waals surface area contributed by atoms with Crippen molar-refractivity contribution in [2.75, 3.05) is 0 Å². The molecule has 0 saturated heterocycles. The smallest absolute Gasteiger partial charge is 0.123 e. The molecule has 0 rings (SSSR count). The van der Waals surface area contributed by atoms with Crippen LogP contribution >= 0.6 is 0 Å². The van der Waals surface area contributed by atoms with E-state index in [9.17, 15) is 5.11 Å². The molecule has 0 aliphatic heterocycles. The third-order valence-corrected chi connectivity index (χ3v) is 2.04. The van der Waals surface area contributed by atoms with Gasteiger partial charge < -0.3 is 5.11 Å². The molecule has 69 valence electrons. The second-order valence-corrected chi connectivity index (χ2v) is 3.56. The maximum Gasteiger partial charge on any atom is 0.123 e. The van der Waals surface area contributed by atoms with E-state index in [0.717, 1.165) is 12.8 Å². The van der Waals surface area contributed by atoms with E-state index in [1.54, 1.807) is 6.92 Å². The SMILES string of the molecule is [C]#CC(C)(O)CCCCCCC.